The van der Waals surface area contributed by atoms with E-state index in [1.807, 2.05) is 6.92 Å². The van der Waals surface area contributed by atoms with Crippen molar-refractivity contribution in [3.05, 3.63) is 12.0 Å². The molecule has 0 aromatic carbocycles. The topological polar surface area (TPSA) is 70.2 Å². The molecule has 7 heteroatoms. The van der Waals surface area contributed by atoms with E-state index in [0.717, 1.165) is 6.20 Å². The van der Waals surface area contributed by atoms with Crippen LogP contribution in [0.25, 0.3) is 0 Å². The predicted molar refractivity (Wildman–Crippen MR) is 72.7 cm³/mol. The Balaban J connectivity index is 2.83. The summed E-state index contributed by atoms with van der Waals surface area (Å²) in [6.07, 6.45) is 1.13. The van der Waals surface area contributed by atoms with E-state index in [1.54, 1.807) is 25.9 Å². The molecular weight excluding hydrogens is 249 g/mol. The van der Waals surface area contributed by atoms with Crippen molar-refractivity contribution in [1.29, 1.82) is 0 Å². The molecule has 0 fully saturated rings. The molecule has 106 valence electrons. The Hall–Kier alpha value is -1.92. The first-order chi connectivity index (χ1) is 8.99. The molecular formula is C12H20FN5O. The number of halogens is 1. The Morgan fingerprint density at radius 1 is 1.58 bits per heavy atom. The van der Waals surface area contributed by atoms with Crippen molar-refractivity contribution >= 4 is 17.7 Å². The number of aromatic nitrogens is 2. The van der Waals surface area contributed by atoms with Crippen molar-refractivity contribution in [2.24, 2.45) is 5.92 Å². The van der Waals surface area contributed by atoms with Gasteiger partial charge in [-0.3, -0.25) is 4.79 Å². The van der Waals surface area contributed by atoms with Crippen LogP contribution in [0, 0.1) is 11.7 Å². The van der Waals surface area contributed by atoms with Gasteiger partial charge in [0.1, 0.15) is 0 Å². The number of carbonyl (C=O) groups is 1. The quantitative estimate of drug-likeness (QED) is 0.802. The van der Waals surface area contributed by atoms with E-state index in [1.165, 1.54) is 0 Å². The summed E-state index contributed by atoms with van der Waals surface area (Å²) in [5.41, 5.74) is 0. The zero-order chi connectivity index (χ0) is 14.4. The monoisotopic (exact) mass is 269 g/mol. The summed E-state index contributed by atoms with van der Waals surface area (Å²) in [7, 11) is 3.27. The summed E-state index contributed by atoms with van der Waals surface area (Å²) in [5, 5.41) is 5.49. The Bertz CT molecular complexity index is 440. The van der Waals surface area contributed by atoms with E-state index in [-0.39, 0.29) is 17.6 Å². The molecule has 1 atom stereocenters. The Morgan fingerprint density at radius 2 is 2.26 bits per heavy atom. The summed E-state index contributed by atoms with van der Waals surface area (Å²) in [6, 6.07) is 0. The van der Waals surface area contributed by atoms with E-state index >= 15 is 0 Å². The normalized spacial score (nSPS) is 11.8. The van der Waals surface area contributed by atoms with Crippen LogP contribution >= 0.6 is 0 Å². The minimum atomic E-state index is -0.506. The maximum Gasteiger partial charge on any atom is 0.224 e. The first kappa shape index (κ1) is 15.1. The second kappa shape index (κ2) is 6.86. The van der Waals surface area contributed by atoms with Crippen molar-refractivity contribution in [3.63, 3.8) is 0 Å². The van der Waals surface area contributed by atoms with Gasteiger partial charge in [0.05, 0.1) is 12.1 Å². The number of hydrogen-bond acceptors (Lipinski definition) is 5. The highest BCUT2D eigenvalue weighted by Gasteiger charge is 2.17. The number of carbonyl (C=O) groups excluding carboxylic acids is 1. The van der Waals surface area contributed by atoms with E-state index in [0.29, 0.717) is 19.0 Å². The molecule has 0 aliphatic carbocycles. The van der Waals surface area contributed by atoms with Gasteiger partial charge in [-0.05, 0) is 6.92 Å². The largest absolute Gasteiger partial charge is 0.359 e. The second-order valence-corrected chi connectivity index (χ2v) is 4.29. The van der Waals surface area contributed by atoms with Crippen LogP contribution in [0.15, 0.2) is 6.20 Å². The van der Waals surface area contributed by atoms with Gasteiger partial charge in [0, 0.05) is 27.2 Å². The van der Waals surface area contributed by atoms with Crippen LogP contribution in [-0.2, 0) is 4.79 Å². The lowest BCUT2D eigenvalue weighted by atomic mass is 10.1. The van der Waals surface area contributed by atoms with Gasteiger partial charge in [-0.1, -0.05) is 6.92 Å². The third-order valence-corrected chi connectivity index (χ3v) is 2.66. The van der Waals surface area contributed by atoms with Gasteiger partial charge in [-0.25, -0.2) is 9.37 Å². The minimum Gasteiger partial charge on any atom is -0.359 e. The molecule has 0 spiro atoms. The lowest BCUT2D eigenvalue weighted by Gasteiger charge is -2.22. The molecule has 1 unspecified atom stereocenters. The highest BCUT2D eigenvalue weighted by molar-refractivity contribution is 5.78. The molecule has 1 rings (SSSR count). The Kier molecular flexibility index (Phi) is 5.47. The zero-order valence-corrected chi connectivity index (χ0v) is 11.7. The first-order valence-corrected chi connectivity index (χ1v) is 6.18. The van der Waals surface area contributed by atoms with Gasteiger partial charge in [0.2, 0.25) is 11.9 Å². The summed E-state index contributed by atoms with van der Waals surface area (Å²) >= 11 is 0. The number of amides is 1. The third kappa shape index (κ3) is 4.04. The minimum absolute atomic E-state index is 0.0896. The molecule has 6 nitrogen and oxygen atoms in total. The summed E-state index contributed by atoms with van der Waals surface area (Å²) in [5.74, 6) is -0.298. The first-order valence-electron chi connectivity index (χ1n) is 6.18. The van der Waals surface area contributed by atoms with E-state index in [9.17, 15) is 9.18 Å². The van der Waals surface area contributed by atoms with Gasteiger partial charge in [-0.2, -0.15) is 4.98 Å². The molecule has 0 bridgehead atoms. The van der Waals surface area contributed by atoms with Crippen LogP contribution in [-0.4, -0.2) is 43.1 Å². The molecule has 2 N–H and O–H groups in total. The van der Waals surface area contributed by atoms with Crippen molar-refractivity contribution < 1.29 is 9.18 Å². The highest BCUT2D eigenvalue weighted by atomic mass is 19.1. The fourth-order valence-electron chi connectivity index (χ4n) is 1.70. The van der Waals surface area contributed by atoms with E-state index < -0.39 is 5.82 Å². The number of rotatable bonds is 6. The average molecular weight is 269 g/mol. The van der Waals surface area contributed by atoms with Gasteiger partial charge in [0.25, 0.3) is 0 Å². The van der Waals surface area contributed by atoms with Gasteiger partial charge < -0.3 is 15.5 Å². The van der Waals surface area contributed by atoms with Crippen LogP contribution < -0.4 is 15.5 Å². The molecule has 0 saturated carbocycles. The molecule has 1 amide bonds. The van der Waals surface area contributed by atoms with Crippen LogP contribution in [0.4, 0.5) is 16.2 Å². The number of hydrogen-bond donors (Lipinski definition) is 2. The molecule has 0 saturated heterocycles. The predicted octanol–water partition coefficient (Wildman–Crippen LogP) is 0.866. The molecule has 0 radical (unpaired) electrons. The summed E-state index contributed by atoms with van der Waals surface area (Å²) in [4.78, 5) is 21.0. The number of nitrogens with zero attached hydrogens (tertiary/aromatic N) is 3. The SMILES string of the molecule is CCNc1ncc(F)c(N(C)CC(C)C(=O)NC)n1. The smallest absolute Gasteiger partial charge is 0.224 e. The van der Waals surface area contributed by atoms with Crippen molar-refractivity contribution in [3.8, 4) is 0 Å². The second-order valence-electron chi connectivity index (χ2n) is 4.29. The number of nitrogens with one attached hydrogen (secondary N) is 2. The maximum atomic E-state index is 13.7. The lowest BCUT2D eigenvalue weighted by Crippen LogP contribution is -2.35. The van der Waals surface area contributed by atoms with E-state index in [2.05, 4.69) is 20.6 Å². The van der Waals surface area contributed by atoms with Crippen LogP contribution in [0.5, 0.6) is 0 Å². The third-order valence-electron chi connectivity index (χ3n) is 2.66. The van der Waals surface area contributed by atoms with Gasteiger partial charge >= 0.3 is 0 Å². The summed E-state index contributed by atoms with van der Waals surface area (Å²) in [6.45, 7) is 4.71. The maximum absolute atomic E-state index is 13.7. The standard InChI is InChI=1S/C12H20FN5O/c1-5-15-12-16-6-9(13)10(17-12)18(4)7-8(2)11(19)14-3/h6,8H,5,7H2,1-4H3,(H,14,19)(H,15,16,17). The zero-order valence-electron chi connectivity index (χ0n) is 11.7. The van der Waals surface area contributed by atoms with Crippen LogP contribution in [0.2, 0.25) is 0 Å². The number of anilines is 2. The van der Waals surface area contributed by atoms with E-state index in [4.69, 9.17) is 0 Å². The highest BCUT2D eigenvalue weighted by Crippen LogP contribution is 2.17. The molecule has 1 aromatic rings. The van der Waals surface area contributed by atoms with Crippen molar-refractivity contribution in [2.75, 3.05) is 37.4 Å². The lowest BCUT2D eigenvalue weighted by molar-refractivity contribution is -0.123. The molecule has 1 heterocycles. The Morgan fingerprint density at radius 3 is 2.84 bits per heavy atom. The fourth-order valence-corrected chi connectivity index (χ4v) is 1.70. The van der Waals surface area contributed by atoms with Gasteiger partial charge in [-0.15, -0.1) is 0 Å². The molecule has 1 aromatic heterocycles. The molecule has 0 aliphatic rings. The van der Waals surface area contributed by atoms with Crippen molar-refractivity contribution in [2.45, 2.75) is 13.8 Å². The van der Waals surface area contributed by atoms with Crippen molar-refractivity contribution in [1.82, 2.24) is 15.3 Å². The summed E-state index contributed by atoms with van der Waals surface area (Å²) < 4.78 is 13.7. The van der Waals surface area contributed by atoms with Gasteiger partial charge in [0.15, 0.2) is 11.6 Å². The molecule has 19 heavy (non-hydrogen) atoms. The van der Waals surface area contributed by atoms with Crippen LogP contribution in [0.3, 0.4) is 0 Å². The Labute approximate surface area is 112 Å². The van der Waals surface area contributed by atoms with Crippen LogP contribution in [0.1, 0.15) is 13.8 Å². The average Bonchev–Trinajstić information content (AvgIpc) is 2.40. The molecule has 0 aliphatic heterocycles. The fraction of sp³-hybridized carbons (Fsp3) is 0.583.